The number of hydrogen-bond acceptors (Lipinski definition) is 4. The Hall–Kier alpha value is -2.29. The number of fused-ring (bicyclic) bond motifs is 1. The molecule has 4 rings (SSSR count). The van der Waals surface area contributed by atoms with Crippen molar-refractivity contribution in [2.75, 3.05) is 13.1 Å². The fourth-order valence-corrected chi connectivity index (χ4v) is 5.58. The van der Waals surface area contributed by atoms with Gasteiger partial charge in [0.1, 0.15) is 6.17 Å². The maximum atomic E-state index is 15.7. The highest BCUT2D eigenvalue weighted by Gasteiger charge is 2.57. The van der Waals surface area contributed by atoms with E-state index in [0.29, 0.717) is 12.8 Å². The fourth-order valence-electron chi connectivity index (χ4n) is 5.58. The van der Waals surface area contributed by atoms with Gasteiger partial charge in [-0.1, -0.05) is 0 Å². The van der Waals surface area contributed by atoms with Crippen LogP contribution >= 0.6 is 0 Å². The smallest absolute Gasteiger partial charge is 0.327 e. The summed E-state index contributed by atoms with van der Waals surface area (Å²) in [7, 11) is 0. The first-order chi connectivity index (χ1) is 17.0. The third-order valence-electron chi connectivity index (χ3n) is 7.52. The van der Waals surface area contributed by atoms with E-state index in [1.165, 1.54) is 11.8 Å². The minimum atomic E-state index is -5.56. The number of halogens is 9. The second kappa shape index (κ2) is 9.47. The van der Waals surface area contributed by atoms with Crippen LogP contribution in [0.5, 0.6) is 0 Å². The summed E-state index contributed by atoms with van der Waals surface area (Å²) in [6.07, 6.45) is -17.2. The molecule has 208 valence electrons. The molecule has 2 aliphatic carbocycles. The summed E-state index contributed by atoms with van der Waals surface area (Å²) in [6, 6.07) is -3.32. The first-order valence-electron chi connectivity index (χ1n) is 11.7. The van der Waals surface area contributed by atoms with E-state index in [1.807, 2.05) is 4.98 Å². The number of nitrogens with zero attached hydrogens (tertiary/aromatic N) is 2. The van der Waals surface area contributed by atoms with Crippen LogP contribution in [0, 0.1) is 11.8 Å². The molecule has 1 aliphatic heterocycles. The van der Waals surface area contributed by atoms with Crippen LogP contribution in [0.3, 0.4) is 0 Å². The van der Waals surface area contributed by atoms with Crippen molar-refractivity contribution in [3.63, 3.8) is 0 Å². The van der Waals surface area contributed by atoms with Gasteiger partial charge in [-0.15, -0.1) is 0 Å². The summed E-state index contributed by atoms with van der Waals surface area (Å²) in [4.78, 5) is 28.3. The summed E-state index contributed by atoms with van der Waals surface area (Å²) in [5.74, 6) is -4.53. The molecule has 2 fully saturated rings. The van der Waals surface area contributed by atoms with Crippen LogP contribution in [-0.2, 0) is 0 Å². The lowest BCUT2D eigenvalue weighted by Gasteiger charge is -2.35. The van der Waals surface area contributed by atoms with Crippen LogP contribution in [0.4, 0.5) is 39.5 Å². The van der Waals surface area contributed by atoms with E-state index in [2.05, 4.69) is 0 Å². The second-order valence-electron chi connectivity index (χ2n) is 9.95. The number of alkyl halides is 9. The normalized spacial score (nSPS) is 26.4. The van der Waals surface area contributed by atoms with Gasteiger partial charge in [0.05, 0.1) is 16.6 Å². The molecule has 0 aromatic carbocycles. The van der Waals surface area contributed by atoms with Gasteiger partial charge in [-0.3, -0.25) is 19.2 Å². The SMILES string of the molecule is CC1=c2c(c(=O)[nH]c(=O)n2C2CC2)=C(C(F)F)C(F)C1N1CCC(C(N)CC(C(F)(F)F)C(F)(F)F)C1. The lowest BCUT2D eigenvalue weighted by molar-refractivity contribution is -0.287. The Bertz CT molecular complexity index is 1270. The highest BCUT2D eigenvalue weighted by molar-refractivity contribution is 5.65. The van der Waals surface area contributed by atoms with Gasteiger partial charge in [0.25, 0.3) is 12.0 Å². The number of aromatic amines is 1. The highest BCUT2D eigenvalue weighted by Crippen LogP contribution is 2.43. The van der Waals surface area contributed by atoms with Crippen LogP contribution < -0.4 is 27.6 Å². The van der Waals surface area contributed by atoms with Crippen molar-refractivity contribution in [2.24, 2.45) is 17.6 Å². The summed E-state index contributed by atoms with van der Waals surface area (Å²) in [6.45, 7) is 1.10. The molecule has 1 aromatic heterocycles. The van der Waals surface area contributed by atoms with Crippen molar-refractivity contribution in [1.82, 2.24) is 14.5 Å². The van der Waals surface area contributed by atoms with E-state index in [1.54, 1.807) is 0 Å². The average Bonchev–Trinajstić information content (AvgIpc) is 3.47. The molecule has 4 unspecified atom stereocenters. The van der Waals surface area contributed by atoms with Gasteiger partial charge in [0.15, 0.2) is 5.92 Å². The van der Waals surface area contributed by atoms with E-state index in [9.17, 15) is 44.7 Å². The molecule has 6 nitrogen and oxygen atoms in total. The third-order valence-corrected chi connectivity index (χ3v) is 7.52. The van der Waals surface area contributed by atoms with E-state index >= 15 is 4.39 Å². The van der Waals surface area contributed by atoms with Gasteiger partial charge >= 0.3 is 18.0 Å². The number of nitrogens with one attached hydrogen (secondary N) is 1. The number of rotatable bonds is 6. The molecular weight excluding hydrogens is 523 g/mol. The molecule has 0 amide bonds. The van der Waals surface area contributed by atoms with Gasteiger partial charge in [-0.2, -0.15) is 26.3 Å². The lowest BCUT2D eigenvalue weighted by atomic mass is 9.88. The van der Waals surface area contributed by atoms with E-state index in [4.69, 9.17) is 5.73 Å². The topological polar surface area (TPSA) is 84.1 Å². The molecule has 37 heavy (non-hydrogen) atoms. The summed E-state index contributed by atoms with van der Waals surface area (Å²) < 4.78 is 123. The fraction of sp³-hybridized carbons (Fsp3) is 0.727. The summed E-state index contributed by atoms with van der Waals surface area (Å²) in [5, 5.41) is -0.735. The van der Waals surface area contributed by atoms with E-state index < -0.39 is 77.3 Å². The van der Waals surface area contributed by atoms with E-state index in [0.717, 1.165) is 4.57 Å². The van der Waals surface area contributed by atoms with Gasteiger partial charge in [-0.25, -0.2) is 18.0 Å². The quantitative estimate of drug-likeness (QED) is 0.533. The zero-order valence-corrected chi connectivity index (χ0v) is 19.5. The molecule has 2 heterocycles. The Morgan fingerprint density at radius 3 is 2.16 bits per heavy atom. The average molecular weight is 548 g/mol. The van der Waals surface area contributed by atoms with Crippen LogP contribution in [0.15, 0.2) is 9.59 Å². The Kier molecular flexibility index (Phi) is 7.10. The monoisotopic (exact) mass is 548 g/mol. The maximum Gasteiger partial charge on any atom is 0.400 e. The lowest BCUT2D eigenvalue weighted by Crippen LogP contribution is -2.62. The van der Waals surface area contributed by atoms with Crippen LogP contribution in [0.25, 0.3) is 11.1 Å². The Morgan fingerprint density at radius 1 is 1.05 bits per heavy atom. The van der Waals surface area contributed by atoms with E-state index in [-0.39, 0.29) is 36.5 Å². The van der Waals surface area contributed by atoms with Crippen LogP contribution in [-0.4, -0.2) is 64.6 Å². The summed E-state index contributed by atoms with van der Waals surface area (Å²) in [5.41, 5.74) is 2.77. The zero-order chi connectivity index (χ0) is 27.6. The molecule has 15 heteroatoms. The van der Waals surface area contributed by atoms with Crippen molar-refractivity contribution >= 4 is 11.1 Å². The molecule has 1 aromatic rings. The molecule has 0 bridgehead atoms. The molecule has 1 saturated carbocycles. The number of H-pyrrole nitrogens is 1. The van der Waals surface area contributed by atoms with Gasteiger partial charge < -0.3 is 5.73 Å². The van der Waals surface area contributed by atoms with Crippen molar-refractivity contribution in [3.8, 4) is 0 Å². The third kappa shape index (κ3) is 5.08. The van der Waals surface area contributed by atoms with Crippen LogP contribution in [0.1, 0.15) is 38.6 Å². The van der Waals surface area contributed by atoms with Crippen molar-refractivity contribution in [2.45, 2.75) is 75.7 Å². The maximum absolute atomic E-state index is 15.7. The van der Waals surface area contributed by atoms with Crippen molar-refractivity contribution in [1.29, 1.82) is 0 Å². The van der Waals surface area contributed by atoms with Crippen molar-refractivity contribution in [3.05, 3.63) is 31.4 Å². The Labute approximate surface area is 203 Å². The van der Waals surface area contributed by atoms with Gasteiger partial charge in [0.2, 0.25) is 0 Å². The molecule has 4 atom stereocenters. The highest BCUT2D eigenvalue weighted by atomic mass is 19.4. The molecular formula is C22H25F9N4O2. The van der Waals surface area contributed by atoms with Crippen LogP contribution in [0.2, 0.25) is 0 Å². The predicted molar refractivity (Wildman–Crippen MR) is 114 cm³/mol. The number of nitrogens with two attached hydrogens (primary N) is 1. The standard InChI is InChI=1S/C22H25F9N4O2/c1-8-16-14(19(36)33-20(37)35(16)10-2-3-10)13(18(24)25)15(23)17(8)34-5-4-9(7-34)11(32)6-12(21(26,27)28)22(29,30)31/h9-12,15,17-18H,2-7,32H2,1H3,(H,33,36,37). The number of aromatic nitrogens is 2. The molecule has 1 saturated heterocycles. The minimum Gasteiger partial charge on any atom is -0.327 e. The molecule has 0 spiro atoms. The Morgan fingerprint density at radius 2 is 1.65 bits per heavy atom. The largest absolute Gasteiger partial charge is 0.400 e. The zero-order valence-electron chi connectivity index (χ0n) is 19.5. The molecule has 3 N–H and O–H groups in total. The second-order valence-corrected chi connectivity index (χ2v) is 9.95. The molecule has 0 radical (unpaired) electrons. The van der Waals surface area contributed by atoms with Gasteiger partial charge in [0, 0.05) is 24.2 Å². The molecule has 3 aliphatic rings. The minimum absolute atomic E-state index is 0.0156. The van der Waals surface area contributed by atoms with Crippen molar-refractivity contribution < 1.29 is 39.5 Å². The Balaban J connectivity index is 1.70. The first-order valence-corrected chi connectivity index (χ1v) is 11.7. The predicted octanol–water partition coefficient (Wildman–Crippen LogP) is 1.96. The summed E-state index contributed by atoms with van der Waals surface area (Å²) >= 11 is 0. The first kappa shape index (κ1) is 27.7. The number of likely N-dealkylation sites (tertiary alicyclic amines) is 1. The van der Waals surface area contributed by atoms with Gasteiger partial charge in [-0.05, 0) is 50.6 Å². The number of hydrogen-bond donors (Lipinski definition) is 2.